The van der Waals surface area contributed by atoms with Crippen LogP contribution in [0.5, 0.6) is 5.95 Å². The molecule has 2 aromatic heterocycles. The van der Waals surface area contributed by atoms with Gasteiger partial charge in [-0.3, -0.25) is 0 Å². The van der Waals surface area contributed by atoms with Crippen molar-refractivity contribution in [1.82, 2.24) is 4.98 Å². The third kappa shape index (κ3) is 3.34. The zero-order valence-electron chi connectivity index (χ0n) is 16.2. The van der Waals surface area contributed by atoms with Gasteiger partial charge < -0.3 is 19.2 Å². The van der Waals surface area contributed by atoms with E-state index in [1.54, 1.807) is 12.1 Å². The number of halogens is 1. The summed E-state index contributed by atoms with van der Waals surface area (Å²) in [5.41, 5.74) is 3.37. The maximum atomic E-state index is 13.7. The van der Waals surface area contributed by atoms with Crippen molar-refractivity contribution < 1.29 is 23.4 Å². The first kappa shape index (κ1) is 18.5. The Morgan fingerprint density at radius 1 is 1.30 bits per heavy atom. The molecule has 6 heteroatoms. The Morgan fingerprint density at radius 3 is 3.00 bits per heavy atom. The van der Waals surface area contributed by atoms with E-state index in [-0.39, 0.29) is 23.4 Å². The third-order valence-electron chi connectivity index (χ3n) is 5.60. The molecule has 2 N–H and O–H groups in total. The summed E-state index contributed by atoms with van der Waals surface area (Å²) in [6.45, 7) is 0. The topological polar surface area (TPSA) is 75.5 Å². The molecule has 2 aliphatic carbocycles. The second kappa shape index (κ2) is 7.37. The molecule has 0 amide bonds. The maximum absolute atomic E-state index is 13.7. The van der Waals surface area contributed by atoms with Crippen molar-refractivity contribution in [3.05, 3.63) is 87.5 Å². The van der Waals surface area contributed by atoms with E-state index in [4.69, 9.17) is 14.3 Å². The molecule has 0 spiro atoms. The third-order valence-corrected chi connectivity index (χ3v) is 5.60. The number of furan rings is 1. The molecule has 2 aliphatic rings. The van der Waals surface area contributed by atoms with Gasteiger partial charge in [-0.05, 0) is 66.6 Å². The van der Waals surface area contributed by atoms with Crippen LogP contribution < -0.4 is 15.4 Å². The van der Waals surface area contributed by atoms with Crippen LogP contribution in [0.15, 0.2) is 53.0 Å². The van der Waals surface area contributed by atoms with Crippen LogP contribution in [0, 0.1) is 5.82 Å². The highest BCUT2D eigenvalue weighted by Crippen LogP contribution is 2.29. The van der Waals surface area contributed by atoms with Crippen LogP contribution in [-0.2, 0) is 12.8 Å². The molecule has 152 valence electrons. The molecule has 0 fully saturated rings. The number of carbonyl (C=O) groups is 1. The number of carboxylic acids is 1. The Kier molecular flexibility index (Phi) is 4.54. The second-order valence-corrected chi connectivity index (χ2v) is 7.59. The predicted octanol–water partition coefficient (Wildman–Crippen LogP) is 3.65. The normalized spacial score (nSPS) is 17.2. The average molecular weight is 405 g/mol. The summed E-state index contributed by atoms with van der Waals surface area (Å²) in [6, 6.07) is 9.56. The molecule has 0 saturated carbocycles. The lowest BCUT2D eigenvalue weighted by molar-refractivity contribution is 0.0657. The molecule has 5 nitrogen and oxygen atoms in total. The number of aromatic amines is 1. The van der Waals surface area contributed by atoms with Crippen molar-refractivity contribution in [3.63, 3.8) is 0 Å². The van der Waals surface area contributed by atoms with Crippen molar-refractivity contribution in [2.45, 2.75) is 31.6 Å². The highest BCUT2D eigenvalue weighted by atomic mass is 19.1. The Balaban J connectivity index is 1.57. The standard InChI is InChI=1S/C24H20FNO4/c25-16-5-3-4-14(13-16)12-15-8-9-19(29-21-11-10-20(30-21)24(27)28)23-22(15)17-6-1-2-7-18(17)26-23/h3-5,7-11,13,15,26H,1-2,6,12H2,(H,27,28). The van der Waals surface area contributed by atoms with Crippen LogP contribution in [0.4, 0.5) is 4.39 Å². The zero-order valence-corrected chi connectivity index (χ0v) is 16.2. The molecule has 5 rings (SSSR count). The van der Waals surface area contributed by atoms with E-state index in [0.717, 1.165) is 41.1 Å². The maximum Gasteiger partial charge on any atom is 0.371 e. The number of H-pyrrole nitrogens is 1. The number of carboxylic acid groups (broad SMARTS) is 1. The molecule has 0 radical (unpaired) electrons. The van der Waals surface area contributed by atoms with Crippen LogP contribution in [0.2, 0.25) is 0 Å². The lowest BCUT2D eigenvalue weighted by Crippen LogP contribution is -2.23. The number of ether oxygens (including phenoxy) is 1. The summed E-state index contributed by atoms with van der Waals surface area (Å²) in [5.74, 6) is -0.761. The molecule has 2 heterocycles. The van der Waals surface area contributed by atoms with Crippen LogP contribution in [0.1, 0.15) is 46.0 Å². The van der Waals surface area contributed by atoms with E-state index < -0.39 is 5.97 Å². The van der Waals surface area contributed by atoms with Gasteiger partial charge in [-0.1, -0.05) is 24.3 Å². The number of hydrogen-bond acceptors (Lipinski definition) is 3. The number of nitrogens with one attached hydrogen (secondary N) is 1. The Hall–Kier alpha value is -3.54. The number of hydrogen-bond donors (Lipinski definition) is 2. The summed E-state index contributed by atoms with van der Waals surface area (Å²) in [7, 11) is 0. The molecule has 3 aromatic rings. The van der Waals surface area contributed by atoms with Crippen LogP contribution >= 0.6 is 0 Å². The molecular weight excluding hydrogens is 385 g/mol. The minimum Gasteiger partial charge on any atom is -0.475 e. The van der Waals surface area contributed by atoms with Crippen LogP contribution in [0.3, 0.4) is 0 Å². The molecule has 0 bridgehead atoms. The lowest BCUT2D eigenvalue weighted by Gasteiger charge is -2.19. The first-order valence-corrected chi connectivity index (χ1v) is 9.97. The fourth-order valence-electron chi connectivity index (χ4n) is 4.30. The van der Waals surface area contributed by atoms with Gasteiger partial charge in [0.1, 0.15) is 5.82 Å². The molecule has 1 aromatic carbocycles. The molecule has 30 heavy (non-hydrogen) atoms. The fraction of sp³-hybridized carbons (Fsp3) is 0.208. The van der Waals surface area contributed by atoms with E-state index in [1.807, 2.05) is 12.1 Å². The van der Waals surface area contributed by atoms with E-state index in [9.17, 15) is 9.18 Å². The minimum absolute atomic E-state index is 0.0897. The van der Waals surface area contributed by atoms with Crippen molar-refractivity contribution in [2.75, 3.05) is 0 Å². The van der Waals surface area contributed by atoms with E-state index in [1.165, 1.54) is 23.8 Å². The highest BCUT2D eigenvalue weighted by molar-refractivity contribution is 5.84. The quantitative estimate of drug-likeness (QED) is 0.680. The van der Waals surface area contributed by atoms with Gasteiger partial charge in [0.25, 0.3) is 5.95 Å². The summed E-state index contributed by atoms with van der Waals surface area (Å²) >= 11 is 0. The van der Waals surface area contributed by atoms with Gasteiger partial charge in [0.2, 0.25) is 5.76 Å². The molecular formula is C24H20FNO4. The monoisotopic (exact) mass is 405 g/mol. The van der Waals surface area contributed by atoms with Crippen LogP contribution in [0.25, 0.3) is 11.8 Å². The molecule has 0 saturated heterocycles. The van der Waals surface area contributed by atoms with Crippen molar-refractivity contribution >= 4 is 17.8 Å². The Bertz CT molecular complexity index is 1280. The summed E-state index contributed by atoms with van der Waals surface area (Å²) in [4.78, 5) is 14.6. The molecule has 0 aliphatic heterocycles. The summed E-state index contributed by atoms with van der Waals surface area (Å²) in [5, 5.41) is 11.0. The van der Waals surface area contributed by atoms with Crippen LogP contribution in [-0.4, -0.2) is 16.1 Å². The fourth-order valence-corrected chi connectivity index (χ4v) is 4.30. The van der Waals surface area contributed by atoms with E-state index >= 15 is 0 Å². The van der Waals surface area contributed by atoms with E-state index in [0.29, 0.717) is 12.2 Å². The SMILES string of the molecule is O=C(O)c1ccc(OC2=c3[nH]c4c(c3C(Cc3cccc(F)c3)C=C2)CCCC=4)o1. The zero-order chi connectivity index (χ0) is 20.7. The van der Waals surface area contributed by atoms with Gasteiger partial charge in [0, 0.05) is 17.3 Å². The Morgan fingerprint density at radius 2 is 2.20 bits per heavy atom. The number of fused-ring (bicyclic) bond motifs is 3. The Labute approximate surface area is 171 Å². The first-order chi connectivity index (χ1) is 14.6. The van der Waals surface area contributed by atoms with Gasteiger partial charge in [-0.2, -0.15) is 0 Å². The van der Waals surface area contributed by atoms with E-state index in [2.05, 4.69) is 17.1 Å². The second-order valence-electron chi connectivity index (χ2n) is 7.59. The van der Waals surface area contributed by atoms with Gasteiger partial charge in [0.05, 0.1) is 5.35 Å². The van der Waals surface area contributed by atoms with Gasteiger partial charge in [0.15, 0.2) is 5.76 Å². The number of aromatic nitrogens is 1. The largest absolute Gasteiger partial charge is 0.475 e. The van der Waals surface area contributed by atoms with Crippen molar-refractivity contribution in [2.24, 2.45) is 0 Å². The van der Waals surface area contributed by atoms with Crippen molar-refractivity contribution in [1.29, 1.82) is 0 Å². The molecule has 1 atom stereocenters. The molecule has 1 unspecified atom stereocenters. The summed E-state index contributed by atoms with van der Waals surface area (Å²) in [6.07, 6.45) is 9.90. The van der Waals surface area contributed by atoms with Gasteiger partial charge in [-0.25, -0.2) is 9.18 Å². The average Bonchev–Trinajstić information content (AvgIpc) is 3.35. The first-order valence-electron chi connectivity index (χ1n) is 9.97. The van der Waals surface area contributed by atoms with Gasteiger partial charge in [-0.15, -0.1) is 0 Å². The summed E-state index contributed by atoms with van der Waals surface area (Å²) < 4.78 is 24.9. The minimum atomic E-state index is -1.14. The smallest absolute Gasteiger partial charge is 0.371 e. The van der Waals surface area contributed by atoms with Crippen molar-refractivity contribution in [3.8, 4) is 5.95 Å². The number of rotatable bonds is 5. The number of benzene rings is 1. The number of aromatic carboxylic acids is 1. The van der Waals surface area contributed by atoms with Gasteiger partial charge >= 0.3 is 5.97 Å². The highest BCUT2D eigenvalue weighted by Gasteiger charge is 2.25. The lowest BCUT2D eigenvalue weighted by atomic mass is 9.85. The number of allylic oxidation sites excluding steroid dienone is 1. The predicted molar refractivity (Wildman–Crippen MR) is 109 cm³/mol.